The van der Waals surface area contributed by atoms with Gasteiger partial charge in [-0.15, -0.1) is 0 Å². The summed E-state index contributed by atoms with van der Waals surface area (Å²) in [5.74, 6) is 0.701. The smallest absolute Gasteiger partial charge is 0.0229 e. The molecule has 2 N–H and O–H groups in total. The Morgan fingerprint density at radius 2 is 2.00 bits per heavy atom. The van der Waals surface area contributed by atoms with Gasteiger partial charge in [-0.3, -0.25) is 4.90 Å². The second-order valence-electron chi connectivity index (χ2n) is 6.14. The van der Waals surface area contributed by atoms with Gasteiger partial charge in [0.2, 0.25) is 0 Å². The molecule has 4 unspecified atom stereocenters. The van der Waals surface area contributed by atoms with E-state index in [-0.39, 0.29) is 0 Å². The second-order valence-corrected chi connectivity index (χ2v) is 6.14. The van der Waals surface area contributed by atoms with E-state index >= 15 is 0 Å². The monoisotopic (exact) mass is 235 g/mol. The van der Waals surface area contributed by atoms with Crippen molar-refractivity contribution >= 4 is 0 Å². The first-order valence-corrected chi connectivity index (χ1v) is 7.10. The van der Waals surface area contributed by atoms with Gasteiger partial charge in [0, 0.05) is 31.2 Å². The number of likely N-dealkylation sites (tertiary alicyclic amines) is 1. The lowest BCUT2D eigenvalue weighted by Gasteiger charge is -2.27. The van der Waals surface area contributed by atoms with Gasteiger partial charge >= 0.3 is 0 Å². The minimum atomic E-state index is 0.311. The number of rotatable bonds is 2. The molecule has 2 fully saturated rings. The summed E-state index contributed by atoms with van der Waals surface area (Å²) in [5.41, 5.74) is 5.93. The number of hydrogen-bond donors (Lipinski definition) is 1. The highest BCUT2D eigenvalue weighted by atomic mass is 15.3. The Kier molecular flexibility index (Phi) is 3.24. The fourth-order valence-corrected chi connectivity index (χ4v) is 3.82. The van der Waals surface area contributed by atoms with E-state index in [1.807, 2.05) is 0 Å². The van der Waals surface area contributed by atoms with Gasteiger partial charge in [-0.1, -0.05) is 12.2 Å². The maximum Gasteiger partial charge on any atom is 0.0229 e. The van der Waals surface area contributed by atoms with Gasteiger partial charge in [-0.25, -0.2) is 0 Å². The maximum absolute atomic E-state index is 5.93. The fourth-order valence-electron chi connectivity index (χ4n) is 3.82. The van der Waals surface area contributed by atoms with E-state index in [0.717, 1.165) is 18.5 Å². The summed E-state index contributed by atoms with van der Waals surface area (Å²) in [6, 6.07) is 1.97. The van der Waals surface area contributed by atoms with Crippen LogP contribution in [0.3, 0.4) is 0 Å². The third kappa shape index (κ3) is 2.42. The fraction of sp³-hybridized carbons (Fsp3) is 0.857. The predicted octanol–water partition coefficient (Wildman–Crippen LogP) is 1.06. The molecule has 3 nitrogen and oxygen atoms in total. The highest BCUT2D eigenvalue weighted by Gasteiger charge is 2.35. The molecule has 1 aliphatic carbocycles. The van der Waals surface area contributed by atoms with Crippen LogP contribution in [0.4, 0.5) is 0 Å². The van der Waals surface area contributed by atoms with E-state index in [4.69, 9.17) is 5.73 Å². The van der Waals surface area contributed by atoms with Crippen molar-refractivity contribution in [3.05, 3.63) is 12.2 Å². The molecule has 0 radical (unpaired) electrons. The second kappa shape index (κ2) is 4.71. The van der Waals surface area contributed by atoms with Gasteiger partial charge in [-0.05, 0) is 45.2 Å². The van der Waals surface area contributed by atoms with Crippen LogP contribution in [0.1, 0.15) is 25.7 Å². The van der Waals surface area contributed by atoms with Crippen molar-refractivity contribution in [2.75, 3.05) is 26.7 Å². The average molecular weight is 235 g/mol. The Morgan fingerprint density at radius 3 is 2.76 bits per heavy atom. The van der Waals surface area contributed by atoms with Crippen LogP contribution in [0.5, 0.6) is 0 Å². The number of hydrogen-bond acceptors (Lipinski definition) is 3. The van der Waals surface area contributed by atoms with Gasteiger partial charge in [0.25, 0.3) is 0 Å². The van der Waals surface area contributed by atoms with E-state index in [1.54, 1.807) is 0 Å². The summed E-state index contributed by atoms with van der Waals surface area (Å²) in [6.07, 6.45) is 9.84. The lowest BCUT2D eigenvalue weighted by atomic mass is 10.0. The van der Waals surface area contributed by atoms with Crippen LogP contribution in [0.25, 0.3) is 0 Å². The molecule has 0 saturated carbocycles. The van der Waals surface area contributed by atoms with Crippen LogP contribution in [0, 0.1) is 5.92 Å². The quantitative estimate of drug-likeness (QED) is 0.726. The van der Waals surface area contributed by atoms with E-state index in [0.29, 0.717) is 12.0 Å². The van der Waals surface area contributed by atoms with Crippen LogP contribution < -0.4 is 5.73 Å². The molecule has 2 bridgehead atoms. The SMILES string of the molecule is CN1C2CCC1CN(CC1C=CC(N)C1)CC2. The average Bonchev–Trinajstić information content (AvgIpc) is 2.77. The van der Waals surface area contributed by atoms with Crippen LogP contribution >= 0.6 is 0 Å². The van der Waals surface area contributed by atoms with Gasteiger partial charge in [0.05, 0.1) is 0 Å². The van der Waals surface area contributed by atoms with Crippen molar-refractivity contribution in [1.82, 2.24) is 9.80 Å². The molecule has 3 aliphatic rings. The van der Waals surface area contributed by atoms with Gasteiger partial charge in [0.1, 0.15) is 0 Å². The molecule has 96 valence electrons. The lowest BCUT2D eigenvalue weighted by Crippen LogP contribution is -2.38. The summed E-state index contributed by atoms with van der Waals surface area (Å²) < 4.78 is 0. The van der Waals surface area contributed by atoms with Crippen molar-refractivity contribution in [1.29, 1.82) is 0 Å². The first-order valence-electron chi connectivity index (χ1n) is 7.10. The van der Waals surface area contributed by atoms with Crippen molar-refractivity contribution in [3.8, 4) is 0 Å². The molecule has 0 amide bonds. The maximum atomic E-state index is 5.93. The first kappa shape index (κ1) is 11.7. The molecule has 0 aromatic carbocycles. The number of likely N-dealkylation sites (N-methyl/N-ethyl adjacent to an activating group) is 1. The van der Waals surface area contributed by atoms with E-state index in [1.165, 1.54) is 38.9 Å². The normalized spacial score (nSPS) is 43.2. The zero-order valence-electron chi connectivity index (χ0n) is 10.9. The topological polar surface area (TPSA) is 32.5 Å². The lowest BCUT2D eigenvalue weighted by molar-refractivity contribution is 0.206. The van der Waals surface area contributed by atoms with E-state index in [9.17, 15) is 0 Å². The highest BCUT2D eigenvalue weighted by Crippen LogP contribution is 2.29. The van der Waals surface area contributed by atoms with Crippen LogP contribution in [0.15, 0.2) is 12.2 Å². The summed E-state index contributed by atoms with van der Waals surface area (Å²) in [4.78, 5) is 5.30. The molecular formula is C14H25N3. The molecule has 0 spiro atoms. The van der Waals surface area contributed by atoms with Crippen LogP contribution in [-0.2, 0) is 0 Å². The summed E-state index contributed by atoms with van der Waals surface area (Å²) >= 11 is 0. The van der Waals surface area contributed by atoms with Gasteiger partial charge in [-0.2, -0.15) is 0 Å². The highest BCUT2D eigenvalue weighted by molar-refractivity contribution is 5.05. The van der Waals surface area contributed by atoms with E-state index in [2.05, 4.69) is 29.0 Å². The van der Waals surface area contributed by atoms with E-state index < -0.39 is 0 Å². The third-order valence-electron chi connectivity index (χ3n) is 4.93. The van der Waals surface area contributed by atoms with Crippen molar-refractivity contribution in [2.45, 2.75) is 43.8 Å². The zero-order chi connectivity index (χ0) is 11.8. The molecular weight excluding hydrogens is 210 g/mol. The predicted molar refractivity (Wildman–Crippen MR) is 70.9 cm³/mol. The Labute approximate surface area is 105 Å². The molecule has 4 atom stereocenters. The number of nitrogens with zero attached hydrogens (tertiary/aromatic N) is 2. The Bertz CT molecular complexity index is 302. The molecule has 3 heteroatoms. The molecule has 2 saturated heterocycles. The molecule has 2 heterocycles. The first-order chi connectivity index (χ1) is 8.22. The molecule has 0 aromatic heterocycles. The van der Waals surface area contributed by atoms with Gasteiger partial charge in [0.15, 0.2) is 0 Å². The third-order valence-corrected chi connectivity index (χ3v) is 4.93. The molecule has 2 aliphatic heterocycles. The molecule has 3 rings (SSSR count). The minimum absolute atomic E-state index is 0.311. The summed E-state index contributed by atoms with van der Waals surface area (Å²) in [7, 11) is 2.32. The number of nitrogens with two attached hydrogens (primary N) is 1. The van der Waals surface area contributed by atoms with Crippen LogP contribution in [-0.4, -0.2) is 54.6 Å². The Morgan fingerprint density at radius 1 is 1.18 bits per heavy atom. The van der Waals surface area contributed by atoms with Crippen molar-refractivity contribution in [2.24, 2.45) is 11.7 Å². The summed E-state index contributed by atoms with van der Waals surface area (Å²) in [5, 5.41) is 0. The largest absolute Gasteiger partial charge is 0.324 e. The number of fused-ring (bicyclic) bond motifs is 2. The Hall–Kier alpha value is -0.380. The molecule has 0 aromatic rings. The standard InChI is InChI=1S/C14H25N3/c1-16-13-4-5-14(16)10-17(7-6-13)9-11-2-3-12(15)8-11/h2-3,11-14H,4-10,15H2,1H3. The van der Waals surface area contributed by atoms with Crippen LogP contribution in [0.2, 0.25) is 0 Å². The zero-order valence-corrected chi connectivity index (χ0v) is 10.9. The van der Waals surface area contributed by atoms with Crippen molar-refractivity contribution in [3.63, 3.8) is 0 Å². The minimum Gasteiger partial charge on any atom is -0.324 e. The van der Waals surface area contributed by atoms with Crippen molar-refractivity contribution < 1.29 is 0 Å². The van der Waals surface area contributed by atoms with Gasteiger partial charge < -0.3 is 10.6 Å². The molecule has 17 heavy (non-hydrogen) atoms. The Balaban J connectivity index is 1.56. The summed E-state index contributed by atoms with van der Waals surface area (Å²) in [6.45, 7) is 3.78.